The molecule has 1 saturated carbocycles. The van der Waals surface area contributed by atoms with Crippen molar-refractivity contribution in [3.05, 3.63) is 94.4 Å². The molecule has 6 N–H and O–H groups in total. The highest BCUT2D eigenvalue weighted by molar-refractivity contribution is 7.18. The van der Waals surface area contributed by atoms with E-state index < -0.39 is 0 Å². The Bertz CT molecular complexity index is 1570. The van der Waals surface area contributed by atoms with E-state index in [2.05, 4.69) is 21.3 Å². The number of carbonyl (C=O) groups excluding carboxylic acids is 3. The van der Waals surface area contributed by atoms with Crippen LogP contribution < -0.4 is 27.0 Å². The molecule has 0 atom stereocenters. The number of thiazole rings is 1. The Hall–Kier alpha value is -4.54. The quantitative estimate of drug-likeness (QED) is 0.173. The minimum atomic E-state index is -0.263. The molecule has 1 aromatic heterocycles. The van der Waals surface area contributed by atoms with Crippen LogP contribution in [-0.4, -0.2) is 35.3 Å². The third kappa shape index (κ3) is 7.36. The molecule has 0 radical (unpaired) electrons. The maximum absolute atomic E-state index is 13.4. The fraction of sp³-hybridized carbons (Fsp3) is 0.226. The molecule has 0 unspecified atom stereocenters. The van der Waals surface area contributed by atoms with Gasteiger partial charge in [0.1, 0.15) is 4.88 Å². The molecule has 3 amide bonds. The molecule has 3 aromatic carbocycles. The van der Waals surface area contributed by atoms with Crippen molar-refractivity contribution in [2.45, 2.75) is 38.8 Å². The van der Waals surface area contributed by atoms with Gasteiger partial charge in [-0.2, -0.15) is 0 Å². The average Bonchev–Trinajstić information content (AvgIpc) is 3.69. The number of aromatic nitrogens is 1. The summed E-state index contributed by atoms with van der Waals surface area (Å²) in [6.45, 7) is 2.56. The second-order valence-corrected chi connectivity index (χ2v) is 10.9. The van der Waals surface area contributed by atoms with Crippen molar-refractivity contribution in [2.75, 3.05) is 17.2 Å². The van der Waals surface area contributed by atoms with Crippen molar-refractivity contribution in [1.29, 1.82) is 0 Å². The van der Waals surface area contributed by atoms with Crippen molar-refractivity contribution in [3.8, 4) is 11.3 Å². The van der Waals surface area contributed by atoms with Crippen molar-refractivity contribution in [2.24, 2.45) is 5.73 Å². The molecular weight excluding hydrogens is 536 g/mol. The number of amides is 3. The SMILES string of the molecule is Cc1ccc(C(=O)NC2CC2)cc1Nc1nc(-c2cccc(NC(=O)CCN)c2)c(C(=O)NCc2ccccc2)s1. The van der Waals surface area contributed by atoms with Crippen LogP contribution in [0.5, 0.6) is 0 Å². The van der Waals surface area contributed by atoms with Crippen LogP contribution >= 0.6 is 11.3 Å². The third-order valence-electron chi connectivity index (χ3n) is 6.57. The number of carbonyl (C=O) groups is 3. The molecule has 10 heteroatoms. The van der Waals surface area contributed by atoms with Gasteiger partial charge in [-0.3, -0.25) is 14.4 Å². The molecule has 0 bridgehead atoms. The Morgan fingerprint density at radius 1 is 0.976 bits per heavy atom. The lowest BCUT2D eigenvalue weighted by molar-refractivity contribution is -0.116. The highest BCUT2D eigenvalue weighted by Crippen LogP contribution is 2.35. The summed E-state index contributed by atoms with van der Waals surface area (Å²) in [5, 5.41) is 12.7. The van der Waals surface area contributed by atoms with E-state index in [-0.39, 0.29) is 36.7 Å². The molecule has 5 rings (SSSR count). The van der Waals surface area contributed by atoms with Gasteiger partial charge in [0, 0.05) is 48.1 Å². The number of aryl methyl sites for hydroxylation is 1. The van der Waals surface area contributed by atoms with E-state index in [9.17, 15) is 14.4 Å². The first-order valence-corrected chi connectivity index (χ1v) is 14.3. The number of hydrogen-bond donors (Lipinski definition) is 5. The van der Waals surface area contributed by atoms with Gasteiger partial charge in [-0.05, 0) is 55.2 Å². The average molecular weight is 569 g/mol. The summed E-state index contributed by atoms with van der Waals surface area (Å²) in [6.07, 6.45) is 2.23. The Kier molecular flexibility index (Phi) is 8.71. The first kappa shape index (κ1) is 28.0. The first-order valence-electron chi connectivity index (χ1n) is 13.5. The molecule has 1 aliphatic carbocycles. The molecule has 0 spiro atoms. The molecule has 0 saturated heterocycles. The zero-order valence-electron chi connectivity index (χ0n) is 22.7. The lowest BCUT2D eigenvalue weighted by Gasteiger charge is -2.10. The van der Waals surface area contributed by atoms with E-state index in [1.807, 2.05) is 49.4 Å². The van der Waals surface area contributed by atoms with Crippen LogP contribution in [0.4, 0.5) is 16.5 Å². The number of nitrogens with one attached hydrogen (secondary N) is 4. The number of benzene rings is 3. The van der Waals surface area contributed by atoms with E-state index in [0.717, 1.165) is 29.7 Å². The number of anilines is 3. The highest BCUT2D eigenvalue weighted by Gasteiger charge is 2.24. The van der Waals surface area contributed by atoms with Crippen LogP contribution in [0.15, 0.2) is 72.8 Å². The Balaban J connectivity index is 1.44. The van der Waals surface area contributed by atoms with Crippen LogP contribution in [-0.2, 0) is 11.3 Å². The lowest BCUT2D eigenvalue weighted by atomic mass is 10.1. The normalized spacial score (nSPS) is 12.4. The van der Waals surface area contributed by atoms with Gasteiger partial charge in [0.2, 0.25) is 5.91 Å². The molecular formula is C31H32N6O3S. The largest absolute Gasteiger partial charge is 0.349 e. The second kappa shape index (κ2) is 12.8. The smallest absolute Gasteiger partial charge is 0.264 e. The fourth-order valence-electron chi connectivity index (χ4n) is 4.19. The zero-order valence-corrected chi connectivity index (χ0v) is 23.5. The number of rotatable bonds is 11. The Labute approximate surface area is 242 Å². The van der Waals surface area contributed by atoms with Gasteiger partial charge in [0.05, 0.1) is 5.69 Å². The van der Waals surface area contributed by atoms with Crippen molar-refractivity contribution >= 4 is 45.6 Å². The summed E-state index contributed by atoms with van der Waals surface area (Å²) in [5.74, 6) is -0.557. The van der Waals surface area contributed by atoms with Gasteiger partial charge in [0.25, 0.3) is 11.8 Å². The summed E-state index contributed by atoms with van der Waals surface area (Å²) >= 11 is 1.23. The second-order valence-electron chi connectivity index (χ2n) is 9.94. The van der Waals surface area contributed by atoms with E-state index in [0.29, 0.717) is 39.1 Å². The van der Waals surface area contributed by atoms with E-state index in [4.69, 9.17) is 10.7 Å². The molecule has 1 heterocycles. The van der Waals surface area contributed by atoms with Crippen molar-refractivity contribution in [1.82, 2.24) is 15.6 Å². The summed E-state index contributed by atoms with van der Waals surface area (Å²) < 4.78 is 0. The van der Waals surface area contributed by atoms with Crippen LogP contribution in [0, 0.1) is 6.92 Å². The predicted molar refractivity (Wildman–Crippen MR) is 162 cm³/mol. The van der Waals surface area contributed by atoms with Gasteiger partial charge in [-0.25, -0.2) is 4.98 Å². The number of nitrogens with two attached hydrogens (primary N) is 1. The number of nitrogens with zero attached hydrogens (tertiary/aromatic N) is 1. The van der Waals surface area contributed by atoms with Gasteiger partial charge >= 0.3 is 0 Å². The summed E-state index contributed by atoms with van der Waals surface area (Å²) in [4.78, 5) is 43.4. The number of hydrogen-bond acceptors (Lipinski definition) is 7. The molecule has 1 fully saturated rings. The van der Waals surface area contributed by atoms with Crippen LogP contribution in [0.2, 0.25) is 0 Å². The lowest BCUT2D eigenvalue weighted by Crippen LogP contribution is -2.25. The molecule has 1 aliphatic rings. The maximum atomic E-state index is 13.4. The fourth-order valence-corrected chi connectivity index (χ4v) is 5.11. The van der Waals surface area contributed by atoms with Crippen molar-refractivity contribution in [3.63, 3.8) is 0 Å². The van der Waals surface area contributed by atoms with Crippen LogP contribution in [0.1, 0.15) is 50.4 Å². The van der Waals surface area contributed by atoms with Gasteiger partial charge in [0.15, 0.2) is 5.13 Å². The minimum Gasteiger partial charge on any atom is -0.349 e. The van der Waals surface area contributed by atoms with Gasteiger partial charge in [-0.1, -0.05) is 59.9 Å². The molecule has 4 aromatic rings. The Morgan fingerprint density at radius 2 is 1.78 bits per heavy atom. The maximum Gasteiger partial charge on any atom is 0.264 e. The Morgan fingerprint density at radius 3 is 2.54 bits per heavy atom. The summed E-state index contributed by atoms with van der Waals surface area (Å²) in [6, 6.07) is 22.6. The highest BCUT2D eigenvalue weighted by atomic mass is 32.1. The minimum absolute atomic E-state index is 0.107. The first-order chi connectivity index (χ1) is 19.9. The molecule has 0 aliphatic heterocycles. The van der Waals surface area contributed by atoms with E-state index >= 15 is 0 Å². The van der Waals surface area contributed by atoms with Crippen molar-refractivity contribution < 1.29 is 14.4 Å². The summed E-state index contributed by atoms with van der Waals surface area (Å²) in [5.41, 5.74) is 10.5. The molecule has 210 valence electrons. The monoisotopic (exact) mass is 568 g/mol. The molecule has 9 nitrogen and oxygen atoms in total. The third-order valence-corrected chi connectivity index (χ3v) is 7.54. The van der Waals surface area contributed by atoms with Gasteiger partial charge in [-0.15, -0.1) is 0 Å². The topological polar surface area (TPSA) is 138 Å². The summed E-state index contributed by atoms with van der Waals surface area (Å²) in [7, 11) is 0. The van der Waals surface area contributed by atoms with Gasteiger partial charge < -0.3 is 27.0 Å². The van der Waals surface area contributed by atoms with Crippen LogP contribution in [0.3, 0.4) is 0 Å². The predicted octanol–water partition coefficient (Wildman–Crippen LogP) is 4.97. The van der Waals surface area contributed by atoms with Crippen LogP contribution in [0.25, 0.3) is 11.3 Å². The standard InChI is InChI=1S/C31H32N6O3S/c1-19-10-11-22(29(39)35-23-12-13-23)17-25(19)36-31-37-27(21-8-5-9-24(16-21)34-26(38)14-15-32)28(41-31)30(40)33-18-20-6-3-2-4-7-20/h2-11,16-17,23H,12-15,18,32H2,1H3,(H,33,40)(H,34,38)(H,35,39)(H,36,37). The zero-order chi connectivity index (χ0) is 28.8. The van der Waals surface area contributed by atoms with E-state index in [1.54, 1.807) is 30.3 Å². The van der Waals surface area contributed by atoms with E-state index in [1.165, 1.54) is 11.3 Å². The molecule has 41 heavy (non-hydrogen) atoms.